The Bertz CT molecular complexity index is 665. The van der Waals surface area contributed by atoms with Crippen molar-refractivity contribution in [3.05, 3.63) is 64.3 Å². The summed E-state index contributed by atoms with van der Waals surface area (Å²) in [5.74, 6) is -0.593. The first kappa shape index (κ1) is 12.6. The highest BCUT2D eigenvalue weighted by atomic mass is 16.3. The van der Waals surface area contributed by atoms with Crippen molar-refractivity contribution in [1.29, 1.82) is 0 Å². The SMILES string of the molecule is O=C(Nc1ccc(=O)ccc1O)c1ccc(O)cc1. The van der Waals surface area contributed by atoms with Gasteiger partial charge in [-0.05, 0) is 48.5 Å². The average molecular weight is 257 g/mol. The number of benzene rings is 1. The fourth-order valence-electron chi connectivity index (χ4n) is 1.47. The topological polar surface area (TPSA) is 86.6 Å². The Hall–Kier alpha value is -2.82. The molecular formula is C14H11NO4. The number of carbonyl (C=O) groups is 1. The predicted molar refractivity (Wildman–Crippen MR) is 70.4 cm³/mol. The fraction of sp³-hybridized carbons (Fsp3) is 0. The van der Waals surface area contributed by atoms with E-state index in [1.807, 2.05) is 0 Å². The van der Waals surface area contributed by atoms with Crippen LogP contribution in [0.1, 0.15) is 10.4 Å². The molecule has 0 atom stereocenters. The number of carbonyl (C=O) groups excluding carboxylic acids is 1. The van der Waals surface area contributed by atoms with Gasteiger partial charge in [-0.1, -0.05) is 0 Å². The van der Waals surface area contributed by atoms with E-state index in [1.165, 1.54) is 48.5 Å². The molecular weight excluding hydrogens is 246 g/mol. The molecule has 0 unspecified atom stereocenters. The van der Waals surface area contributed by atoms with Gasteiger partial charge in [-0.2, -0.15) is 0 Å². The number of rotatable bonds is 2. The molecule has 2 rings (SSSR count). The Kier molecular flexibility index (Phi) is 3.47. The summed E-state index contributed by atoms with van der Waals surface area (Å²) in [5, 5.41) is 21.3. The van der Waals surface area contributed by atoms with E-state index in [9.17, 15) is 14.7 Å². The van der Waals surface area contributed by atoms with Gasteiger partial charge >= 0.3 is 0 Å². The molecule has 96 valence electrons. The maximum absolute atomic E-state index is 11.9. The van der Waals surface area contributed by atoms with Crippen LogP contribution < -0.4 is 10.7 Å². The Balaban J connectivity index is 2.27. The quantitative estimate of drug-likeness (QED) is 0.764. The third kappa shape index (κ3) is 3.10. The van der Waals surface area contributed by atoms with Crippen LogP contribution in [-0.2, 0) is 0 Å². The van der Waals surface area contributed by atoms with Crippen molar-refractivity contribution < 1.29 is 15.0 Å². The van der Waals surface area contributed by atoms with E-state index in [2.05, 4.69) is 5.32 Å². The van der Waals surface area contributed by atoms with Gasteiger partial charge in [-0.3, -0.25) is 9.59 Å². The summed E-state index contributed by atoms with van der Waals surface area (Å²) < 4.78 is 0. The molecule has 0 aliphatic heterocycles. The third-order valence-electron chi connectivity index (χ3n) is 2.47. The van der Waals surface area contributed by atoms with Crippen LogP contribution in [0.5, 0.6) is 11.5 Å². The molecule has 0 saturated heterocycles. The second kappa shape index (κ2) is 5.22. The molecule has 0 aliphatic rings. The van der Waals surface area contributed by atoms with E-state index in [4.69, 9.17) is 5.11 Å². The monoisotopic (exact) mass is 257 g/mol. The van der Waals surface area contributed by atoms with Crippen LogP contribution >= 0.6 is 0 Å². The van der Waals surface area contributed by atoms with Crippen LogP contribution in [0.3, 0.4) is 0 Å². The van der Waals surface area contributed by atoms with Crippen LogP contribution in [0.2, 0.25) is 0 Å². The zero-order chi connectivity index (χ0) is 13.8. The maximum Gasteiger partial charge on any atom is 0.255 e. The van der Waals surface area contributed by atoms with Gasteiger partial charge in [-0.15, -0.1) is 0 Å². The molecule has 2 aromatic carbocycles. The summed E-state index contributed by atoms with van der Waals surface area (Å²) >= 11 is 0. The molecule has 0 heterocycles. The van der Waals surface area contributed by atoms with Crippen LogP contribution in [-0.4, -0.2) is 16.1 Å². The van der Waals surface area contributed by atoms with Gasteiger partial charge in [0.05, 0.1) is 5.69 Å². The molecule has 19 heavy (non-hydrogen) atoms. The molecule has 0 aliphatic carbocycles. The summed E-state index contributed by atoms with van der Waals surface area (Å²) in [5.41, 5.74) is 0.187. The van der Waals surface area contributed by atoms with Gasteiger partial charge in [0.2, 0.25) is 0 Å². The zero-order valence-corrected chi connectivity index (χ0v) is 9.83. The number of phenolic OH excluding ortho intramolecular Hbond substituents is 1. The molecule has 0 spiro atoms. The average Bonchev–Trinajstić information content (AvgIpc) is 2.55. The zero-order valence-electron chi connectivity index (χ0n) is 9.83. The summed E-state index contributed by atoms with van der Waals surface area (Å²) in [7, 11) is 0. The minimum Gasteiger partial charge on any atom is -0.508 e. The normalized spacial score (nSPS) is 9.89. The lowest BCUT2D eigenvalue weighted by atomic mass is 10.2. The van der Waals surface area contributed by atoms with Crippen molar-refractivity contribution in [2.75, 3.05) is 5.32 Å². The lowest BCUT2D eigenvalue weighted by Crippen LogP contribution is -2.11. The van der Waals surface area contributed by atoms with E-state index >= 15 is 0 Å². The summed E-state index contributed by atoms with van der Waals surface area (Å²) in [6, 6.07) is 10.7. The first-order chi connectivity index (χ1) is 9.06. The number of hydrogen-bond acceptors (Lipinski definition) is 4. The van der Waals surface area contributed by atoms with Crippen molar-refractivity contribution >= 4 is 11.6 Å². The third-order valence-corrected chi connectivity index (χ3v) is 2.47. The number of aromatic hydroxyl groups is 2. The molecule has 2 aromatic rings. The number of nitrogens with one attached hydrogen (secondary N) is 1. The minimum atomic E-state index is -0.450. The maximum atomic E-state index is 11.9. The van der Waals surface area contributed by atoms with Gasteiger partial charge in [0.25, 0.3) is 5.91 Å². The molecule has 0 radical (unpaired) electrons. The van der Waals surface area contributed by atoms with Crippen LogP contribution in [0.4, 0.5) is 5.69 Å². The predicted octanol–water partition coefficient (Wildman–Crippen LogP) is 1.71. The fourth-order valence-corrected chi connectivity index (χ4v) is 1.47. The van der Waals surface area contributed by atoms with E-state index in [1.54, 1.807) is 0 Å². The van der Waals surface area contributed by atoms with Crippen molar-refractivity contribution in [1.82, 2.24) is 0 Å². The highest BCUT2D eigenvalue weighted by Crippen LogP contribution is 2.20. The smallest absolute Gasteiger partial charge is 0.255 e. The van der Waals surface area contributed by atoms with Gasteiger partial charge in [0.15, 0.2) is 5.43 Å². The highest BCUT2D eigenvalue weighted by Gasteiger charge is 2.08. The summed E-state index contributed by atoms with van der Waals surface area (Å²) in [6.45, 7) is 0. The number of amides is 1. The molecule has 0 saturated carbocycles. The molecule has 0 aromatic heterocycles. The van der Waals surface area contributed by atoms with Gasteiger partial charge in [0.1, 0.15) is 11.5 Å². The Labute approximate surface area is 108 Å². The Morgan fingerprint density at radius 2 is 1.53 bits per heavy atom. The van der Waals surface area contributed by atoms with Gasteiger partial charge < -0.3 is 15.5 Å². The largest absolute Gasteiger partial charge is 0.508 e. The van der Waals surface area contributed by atoms with Crippen LogP contribution in [0, 0.1) is 0 Å². The number of hydrogen-bond donors (Lipinski definition) is 3. The summed E-state index contributed by atoms with van der Waals surface area (Å²) in [6.07, 6.45) is 0. The van der Waals surface area contributed by atoms with Crippen molar-refractivity contribution in [3.63, 3.8) is 0 Å². The van der Waals surface area contributed by atoms with Crippen molar-refractivity contribution in [3.8, 4) is 11.5 Å². The van der Waals surface area contributed by atoms with Crippen LogP contribution in [0.25, 0.3) is 0 Å². The van der Waals surface area contributed by atoms with Crippen molar-refractivity contribution in [2.24, 2.45) is 0 Å². The second-order valence-corrected chi connectivity index (χ2v) is 3.87. The number of anilines is 1. The van der Waals surface area contributed by atoms with Gasteiger partial charge in [-0.25, -0.2) is 0 Å². The highest BCUT2D eigenvalue weighted by molar-refractivity contribution is 6.04. The molecule has 1 amide bonds. The second-order valence-electron chi connectivity index (χ2n) is 3.87. The lowest BCUT2D eigenvalue weighted by Gasteiger charge is -2.05. The van der Waals surface area contributed by atoms with E-state index in [0.29, 0.717) is 5.56 Å². The van der Waals surface area contributed by atoms with E-state index in [0.717, 1.165) is 0 Å². The Morgan fingerprint density at radius 1 is 0.895 bits per heavy atom. The summed E-state index contributed by atoms with van der Waals surface area (Å²) in [4.78, 5) is 23.0. The number of phenols is 1. The van der Waals surface area contributed by atoms with Crippen molar-refractivity contribution in [2.45, 2.75) is 0 Å². The first-order valence-corrected chi connectivity index (χ1v) is 5.50. The van der Waals surface area contributed by atoms with Gasteiger partial charge in [0, 0.05) is 5.56 Å². The molecule has 5 heteroatoms. The van der Waals surface area contributed by atoms with E-state index < -0.39 is 5.91 Å². The minimum absolute atomic E-state index is 0.0569. The Morgan fingerprint density at radius 3 is 2.21 bits per heavy atom. The molecule has 3 N–H and O–H groups in total. The standard InChI is InChI=1S/C14H11NO4/c16-10-3-1-9(2-4-10)14(19)15-12-7-5-11(17)6-8-13(12)18/h1-8,16,18H,(H,15,19). The molecule has 0 bridgehead atoms. The van der Waals surface area contributed by atoms with E-state index in [-0.39, 0.29) is 22.6 Å². The van der Waals surface area contributed by atoms with Crippen LogP contribution in [0.15, 0.2) is 53.3 Å². The lowest BCUT2D eigenvalue weighted by molar-refractivity contribution is 0.102. The molecule has 5 nitrogen and oxygen atoms in total. The molecule has 0 fully saturated rings. The first-order valence-electron chi connectivity index (χ1n) is 5.50.